The van der Waals surface area contributed by atoms with Crippen molar-refractivity contribution < 1.29 is 9.53 Å². The molecule has 0 saturated carbocycles. The summed E-state index contributed by atoms with van der Waals surface area (Å²) < 4.78 is 6.06. The number of urea groups is 1. The van der Waals surface area contributed by atoms with E-state index in [0.717, 1.165) is 70.1 Å². The maximum absolute atomic E-state index is 13.2. The van der Waals surface area contributed by atoms with Gasteiger partial charge in [-0.15, -0.1) is 11.3 Å². The highest BCUT2D eigenvalue weighted by molar-refractivity contribution is 7.14. The Bertz CT molecular complexity index is 886. The van der Waals surface area contributed by atoms with Crippen LogP contribution >= 0.6 is 11.3 Å². The molecule has 0 N–H and O–H groups in total. The summed E-state index contributed by atoms with van der Waals surface area (Å²) in [5, 5.41) is 1.02. The van der Waals surface area contributed by atoms with Crippen molar-refractivity contribution in [3.05, 3.63) is 52.4 Å². The second-order valence-corrected chi connectivity index (χ2v) is 10.5. The molecule has 6 heteroatoms. The van der Waals surface area contributed by atoms with Gasteiger partial charge in [-0.2, -0.15) is 0 Å². The zero-order valence-electron chi connectivity index (χ0n) is 19.0. The summed E-state index contributed by atoms with van der Waals surface area (Å²) >= 11 is 1.78. The smallest absolute Gasteiger partial charge is 0.320 e. The highest BCUT2D eigenvalue weighted by Gasteiger charge is 2.29. The van der Waals surface area contributed by atoms with Gasteiger partial charge < -0.3 is 19.4 Å². The first kappa shape index (κ1) is 21.8. The van der Waals surface area contributed by atoms with Crippen LogP contribution in [0.15, 0.2) is 36.4 Å². The third-order valence-corrected chi connectivity index (χ3v) is 8.36. The van der Waals surface area contributed by atoms with Gasteiger partial charge in [0.25, 0.3) is 0 Å². The molecular formula is C26H35N3O2S. The molecule has 0 spiro atoms. The van der Waals surface area contributed by atoms with Gasteiger partial charge in [0.1, 0.15) is 0 Å². The van der Waals surface area contributed by atoms with Crippen molar-refractivity contribution in [1.29, 1.82) is 0 Å². The van der Waals surface area contributed by atoms with Gasteiger partial charge in [0.15, 0.2) is 5.06 Å². The van der Waals surface area contributed by atoms with E-state index >= 15 is 0 Å². The van der Waals surface area contributed by atoms with Crippen LogP contribution in [0, 0.1) is 0 Å². The Labute approximate surface area is 196 Å². The molecule has 2 saturated heterocycles. The van der Waals surface area contributed by atoms with Crippen LogP contribution in [-0.4, -0.2) is 66.6 Å². The zero-order chi connectivity index (χ0) is 21.8. The van der Waals surface area contributed by atoms with E-state index in [1.165, 1.54) is 41.9 Å². The number of rotatable bonds is 6. The fourth-order valence-corrected chi connectivity index (χ4v) is 6.37. The molecular weight excluding hydrogens is 418 g/mol. The summed E-state index contributed by atoms with van der Waals surface area (Å²) in [6.07, 6.45) is 6.85. The van der Waals surface area contributed by atoms with E-state index in [9.17, 15) is 4.79 Å². The number of hydrogen-bond donors (Lipinski definition) is 0. The van der Waals surface area contributed by atoms with Crippen molar-refractivity contribution in [2.75, 3.05) is 45.9 Å². The predicted molar refractivity (Wildman–Crippen MR) is 130 cm³/mol. The number of thiophene rings is 1. The molecule has 5 nitrogen and oxygen atoms in total. The van der Waals surface area contributed by atoms with Crippen LogP contribution in [0.3, 0.4) is 0 Å². The summed E-state index contributed by atoms with van der Waals surface area (Å²) in [6.45, 7) is 7.69. The molecule has 2 aromatic rings. The van der Waals surface area contributed by atoms with Crippen LogP contribution in [0.4, 0.5) is 4.79 Å². The Kier molecular flexibility index (Phi) is 6.98. The van der Waals surface area contributed by atoms with E-state index in [1.54, 1.807) is 11.3 Å². The van der Waals surface area contributed by atoms with Crippen molar-refractivity contribution in [2.45, 2.75) is 51.0 Å². The third kappa shape index (κ3) is 5.12. The van der Waals surface area contributed by atoms with Crippen molar-refractivity contribution >= 4 is 17.4 Å². The first-order valence-corrected chi connectivity index (χ1v) is 13.1. The average Bonchev–Trinajstić information content (AvgIpc) is 3.51. The molecule has 5 rings (SSSR count). The highest BCUT2D eigenvalue weighted by atomic mass is 32.1. The lowest BCUT2D eigenvalue weighted by molar-refractivity contribution is 0.135. The molecule has 1 aromatic heterocycles. The Morgan fingerprint density at radius 2 is 1.78 bits per heavy atom. The van der Waals surface area contributed by atoms with E-state index in [-0.39, 0.29) is 6.03 Å². The van der Waals surface area contributed by atoms with E-state index < -0.39 is 0 Å². The minimum atomic E-state index is 0.210. The second-order valence-electron chi connectivity index (χ2n) is 9.39. The van der Waals surface area contributed by atoms with Gasteiger partial charge in [-0.05, 0) is 74.7 Å². The van der Waals surface area contributed by atoms with Gasteiger partial charge in [0, 0.05) is 37.6 Å². The van der Waals surface area contributed by atoms with Crippen LogP contribution in [0.2, 0.25) is 0 Å². The van der Waals surface area contributed by atoms with Gasteiger partial charge in [-0.3, -0.25) is 0 Å². The van der Waals surface area contributed by atoms with Crippen molar-refractivity contribution in [3.8, 4) is 5.06 Å². The molecule has 2 amide bonds. The van der Waals surface area contributed by atoms with E-state index in [4.69, 9.17) is 4.74 Å². The predicted octanol–water partition coefficient (Wildman–Crippen LogP) is 4.97. The highest BCUT2D eigenvalue weighted by Crippen LogP contribution is 2.34. The number of fused-ring (bicyclic) bond motifs is 1. The molecule has 3 aliphatic rings. The number of amides is 2. The van der Waals surface area contributed by atoms with E-state index in [1.807, 2.05) is 4.90 Å². The van der Waals surface area contributed by atoms with Gasteiger partial charge in [-0.1, -0.05) is 30.3 Å². The summed E-state index contributed by atoms with van der Waals surface area (Å²) in [7, 11) is 0. The number of carbonyl (C=O) groups is 1. The standard InChI is InChI=1S/C26H35N3O2S/c30-26(28-15-9-22(10-16-28)21-7-2-1-3-8-21)29-17-11-24-23(20-29)19-25(32-24)31-18-6-14-27-12-4-5-13-27/h1-3,7-8,19,22H,4-6,9-18,20H2. The van der Waals surface area contributed by atoms with Crippen LogP contribution < -0.4 is 4.74 Å². The molecule has 3 aliphatic heterocycles. The van der Waals surface area contributed by atoms with Crippen LogP contribution in [-0.2, 0) is 13.0 Å². The SMILES string of the molecule is O=C(N1CCC(c2ccccc2)CC1)N1CCc2sc(OCCCN3CCCC3)cc2C1. The van der Waals surface area contributed by atoms with Crippen molar-refractivity contribution in [1.82, 2.24) is 14.7 Å². The number of hydrogen-bond acceptors (Lipinski definition) is 4. The summed E-state index contributed by atoms with van der Waals surface area (Å²) in [6, 6.07) is 13.1. The Morgan fingerprint density at radius 1 is 1.00 bits per heavy atom. The van der Waals surface area contributed by atoms with Gasteiger partial charge in [-0.25, -0.2) is 4.79 Å². The van der Waals surface area contributed by atoms with Crippen LogP contribution in [0.5, 0.6) is 5.06 Å². The van der Waals surface area contributed by atoms with Gasteiger partial charge in [0.2, 0.25) is 0 Å². The minimum absolute atomic E-state index is 0.210. The number of benzene rings is 1. The maximum Gasteiger partial charge on any atom is 0.320 e. The van der Waals surface area contributed by atoms with E-state index in [0.29, 0.717) is 5.92 Å². The third-order valence-electron chi connectivity index (χ3n) is 7.21. The first-order valence-electron chi connectivity index (χ1n) is 12.3. The van der Waals surface area contributed by atoms with Crippen LogP contribution in [0.1, 0.15) is 54.0 Å². The minimum Gasteiger partial charge on any atom is -0.484 e. The molecule has 0 radical (unpaired) electrons. The molecule has 2 fully saturated rings. The average molecular weight is 454 g/mol. The molecule has 32 heavy (non-hydrogen) atoms. The molecule has 0 unspecified atom stereocenters. The Morgan fingerprint density at radius 3 is 2.56 bits per heavy atom. The first-order chi connectivity index (χ1) is 15.8. The lowest BCUT2D eigenvalue weighted by atomic mass is 9.89. The molecule has 172 valence electrons. The summed E-state index contributed by atoms with van der Waals surface area (Å²) in [5.74, 6) is 0.579. The lowest BCUT2D eigenvalue weighted by Gasteiger charge is -2.37. The molecule has 4 heterocycles. The fraction of sp³-hybridized carbons (Fsp3) is 0.577. The fourth-order valence-electron chi connectivity index (χ4n) is 5.34. The molecule has 1 aromatic carbocycles. The number of piperidine rings is 1. The van der Waals surface area contributed by atoms with E-state index in [2.05, 4.69) is 46.2 Å². The number of likely N-dealkylation sites (tertiary alicyclic amines) is 2. The van der Waals surface area contributed by atoms with Gasteiger partial charge in [0.05, 0.1) is 6.61 Å². The monoisotopic (exact) mass is 453 g/mol. The number of ether oxygens (including phenoxy) is 1. The molecule has 0 atom stereocenters. The quantitative estimate of drug-likeness (QED) is 0.580. The second kappa shape index (κ2) is 10.3. The zero-order valence-corrected chi connectivity index (χ0v) is 19.8. The van der Waals surface area contributed by atoms with Crippen LogP contribution in [0.25, 0.3) is 0 Å². The lowest BCUT2D eigenvalue weighted by Crippen LogP contribution is -2.47. The molecule has 0 bridgehead atoms. The topological polar surface area (TPSA) is 36.0 Å². The summed E-state index contributed by atoms with van der Waals surface area (Å²) in [5.41, 5.74) is 2.69. The van der Waals surface area contributed by atoms with Gasteiger partial charge >= 0.3 is 6.03 Å². The normalized spacial score (nSPS) is 19.9. The van der Waals surface area contributed by atoms with Crippen molar-refractivity contribution in [3.63, 3.8) is 0 Å². The van der Waals surface area contributed by atoms with Crippen molar-refractivity contribution in [2.24, 2.45) is 0 Å². The number of carbonyl (C=O) groups excluding carboxylic acids is 1. The largest absolute Gasteiger partial charge is 0.484 e. The molecule has 0 aliphatic carbocycles. The maximum atomic E-state index is 13.2. The number of nitrogens with zero attached hydrogens (tertiary/aromatic N) is 3. The Hall–Kier alpha value is -2.05. The summed E-state index contributed by atoms with van der Waals surface area (Å²) in [4.78, 5) is 21.2. The Balaban J connectivity index is 1.09.